The number of nitrogens with one attached hydrogen (secondary N) is 2. The van der Waals surface area contributed by atoms with Gasteiger partial charge >= 0.3 is 59.1 Å². The number of anilines is 4. The van der Waals surface area contributed by atoms with Crippen molar-refractivity contribution in [1.29, 1.82) is 0 Å². The number of hydrogen-bond donors (Lipinski definition) is 3. The normalized spacial score (nSPS) is 11.0. The van der Waals surface area contributed by atoms with Gasteiger partial charge in [0.1, 0.15) is 10.1 Å². The molecule has 2 aromatic carbocycles. The van der Waals surface area contributed by atoms with Crippen molar-refractivity contribution < 1.29 is 90.2 Å². The Morgan fingerprint density at radius 3 is 1.45 bits per heavy atom. The molecular formula is C15H11N5Na2O7S2. The van der Waals surface area contributed by atoms with E-state index in [1.807, 2.05) is 0 Å². The van der Waals surface area contributed by atoms with Crippen LogP contribution in [0.25, 0.3) is 0 Å². The van der Waals surface area contributed by atoms with Gasteiger partial charge in [-0.1, -0.05) is 0 Å². The summed E-state index contributed by atoms with van der Waals surface area (Å²) in [6.45, 7) is 0. The Morgan fingerprint density at radius 1 is 0.710 bits per heavy atom. The summed E-state index contributed by atoms with van der Waals surface area (Å²) in [6.07, 6.45) is 0. The second kappa shape index (κ2) is 11.0. The molecule has 1 heterocycles. The van der Waals surface area contributed by atoms with Crippen molar-refractivity contribution in [2.24, 2.45) is 0 Å². The Kier molecular flexibility index (Phi) is 9.83. The van der Waals surface area contributed by atoms with Gasteiger partial charge in [-0.05, 0) is 48.5 Å². The van der Waals surface area contributed by atoms with Crippen molar-refractivity contribution in [2.45, 2.75) is 9.79 Å². The molecule has 12 nitrogen and oxygen atoms in total. The second-order valence-electron chi connectivity index (χ2n) is 5.49. The van der Waals surface area contributed by atoms with Crippen LogP contribution in [0.15, 0.2) is 58.3 Å². The van der Waals surface area contributed by atoms with E-state index in [1.165, 1.54) is 24.3 Å². The van der Waals surface area contributed by atoms with E-state index in [2.05, 4.69) is 25.6 Å². The van der Waals surface area contributed by atoms with Crippen molar-refractivity contribution in [1.82, 2.24) is 15.0 Å². The fourth-order valence-electron chi connectivity index (χ4n) is 2.14. The third-order valence-corrected chi connectivity index (χ3v) is 5.14. The molecule has 3 rings (SSSR count). The van der Waals surface area contributed by atoms with E-state index in [0.717, 1.165) is 24.3 Å². The van der Waals surface area contributed by atoms with Gasteiger partial charge in [0.15, 0.2) is 0 Å². The topological polar surface area (TPSA) is 197 Å². The van der Waals surface area contributed by atoms with E-state index in [0.29, 0.717) is 11.4 Å². The van der Waals surface area contributed by atoms with Crippen LogP contribution in [0.5, 0.6) is 6.01 Å². The first kappa shape index (κ1) is 27.7. The maximum Gasteiger partial charge on any atom is 1.00 e. The summed E-state index contributed by atoms with van der Waals surface area (Å²) in [5, 5.41) is 17.0. The standard InChI is InChI=1S/C15H13N5O7S2.2Na/c21-15-19-13(16-9-1-5-11(6-2-9)28(22,23)24)18-14(20-15)17-10-3-7-12(8-4-10)29(25,26)27;;/h1-8H,(H,22,23,24)(H,25,26,27)(H3,16,17,18,19,20,21);;/q;2*+1/p-2. The minimum atomic E-state index is -4.59. The van der Waals surface area contributed by atoms with Crippen LogP contribution in [0.2, 0.25) is 0 Å². The zero-order chi connectivity index (χ0) is 21.2. The van der Waals surface area contributed by atoms with E-state index in [4.69, 9.17) is 4.55 Å². The average Bonchev–Trinajstić information content (AvgIpc) is 2.60. The third kappa shape index (κ3) is 7.94. The van der Waals surface area contributed by atoms with Crippen molar-refractivity contribution >= 4 is 43.5 Å². The summed E-state index contributed by atoms with van der Waals surface area (Å²) >= 11 is 0. The van der Waals surface area contributed by atoms with Gasteiger partial charge in [0.25, 0.3) is 10.1 Å². The molecule has 0 saturated heterocycles. The number of rotatable bonds is 6. The summed E-state index contributed by atoms with van der Waals surface area (Å²) in [6, 6.07) is 8.81. The zero-order valence-corrected chi connectivity index (χ0v) is 21.8. The van der Waals surface area contributed by atoms with Crippen LogP contribution in [0.3, 0.4) is 0 Å². The first-order chi connectivity index (χ1) is 13.5. The maximum absolute atomic E-state index is 11.7. The van der Waals surface area contributed by atoms with Gasteiger partial charge in [-0.15, -0.1) is 0 Å². The quantitative estimate of drug-likeness (QED) is 0.223. The van der Waals surface area contributed by atoms with Crippen LogP contribution in [0.1, 0.15) is 0 Å². The molecule has 0 aliphatic carbocycles. The first-order valence-corrected chi connectivity index (χ1v) is 10.5. The minimum absolute atomic E-state index is 0. The number of nitrogens with zero attached hydrogens (tertiary/aromatic N) is 3. The fourth-order valence-corrected chi connectivity index (χ4v) is 3.09. The van der Waals surface area contributed by atoms with Crippen LogP contribution >= 0.6 is 0 Å². The molecule has 0 fully saturated rings. The van der Waals surface area contributed by atoms with Crippen molar-refractivity contribution in [2.75, 3.05) is 10.6 Å². The molecule has 0 spiro atoms. The second-order valence-corrected chi connectivity index (χ2v) is 8.29. The van der Waals surface area contributed by atoms with Crippen LogP contribution < -0.4 is 74.9 Å². The molecule has 16 heteroatoms. The Balaban J connectivity index is 0.00000240. The van der Waals surface area contributed by atoms with Crippen molar-refractivity contribution in [3.8, 4) is 6.01 Å². The molecule has 0 amide bonds. The van der Waals surface area contributed by atoms with Crippen molar-refractivity contribution in [3.63, 3.8) is 0 Å². The van der Waals surface area contributed by atoms with Gasteiger partial charge in [0.2, 0.25) is 11.9 Å². The predicted octanol–water partition coefficient (Wildman–Crippen LogP) is -5.41. The monoisotopic (exact) mass is 483 g/mol. The molecule has 0 saturated carbocycles. The van der Waals surface area contributed by atoms with Crippen LogP contribution in [-0.2, 0) is 20.2 Å². The Morgan fingerprint density at radius 2 is 1.10 bits per heavy atom. The molecule has 0 bridgehead atoms. The van der Waals surface area contributed by atoms with Gasteiger partial charge < -0.3 is 20.3 Å². The van der Waals surface area contributed by atoms with Crippen molar-refractivity contribution in [3.05, 3.63) is 48.5 Å². The Hall–Kier alpha value is -1.33. The summed E-state index contributed by atoms with van der Waals surface area (Å²) in [5.74, 6) is -0.300. The average molecular weight is 483 g/mol. The number of benzene rings is 2. The summed E-state index contributed by atoms with van der Waals surface area (Å²) < 4.78 is 63.9. The summed E-state index contributed by atoms with van der Waals surface area (Å²) in [7, 11) is -8.92. The molecule has 1 aromatic heterocycles. The minimum Gasteiger partial charge on any atom is -0.844 e. The first-order valence-electron chi connectivity index (χ1n) is 7.61. The molecule has 152 valence electrons. The molecule has 0 unspecified atom stereocenters. The maximum atomic E-state index is 11.7. The summed E-state index contributed by atoms with van der Waals surface area (Å²) in [5.41, 5.74) is 0.644. The van der Waals surface area contributed by atoms with Gasteiger partial charge in [-0.25, -0.2) is 18.4 Å². The summed E-state index contributed by atoms with van der Waals surface area (Å²) in [4.78, 5) is 10.4. The number of hydrogen-bond acceptors (Lipinski definition) is 11. The molecule has 0 atom stereocenters. The molecule has 0 aliphatic rings. The molecule has 0 radical (unpaired) electrons. The molecular weight excluding hydrogens is 472 g/mol. The van der Waals surface area contributed by atoms with Crippen LogP contribution in [-0.4, -0.2) is 40.9 Å². The third-order valence-electron chi connectivity index (χ3n) is 3.42. The van der Waals surface area contributed by atoms with E-state index >= 15 is 0 Å². The Labute approximate surface area is 221 Å². The molecule has 31 heavy (non-hydrogen) atoms. The van der Waals surface area contributed by atoms with Gasteiger partial charge in [0.05, 0.1) is 15.8 Å². The van der Waals surface area contributed by atoms with E-state index in [9.17, 15) is 26.5 Å². The van der Waals surface area contributed by atoms with E-state index < -0.39 is 31.1 Å². The van der Waals surface area contributed by atoms with Gasteiger partial charge in [-0.2, -0.15) is 13.4 Å². The smallest absolute Gasteiger partial charge is 0.844 e. The SMILES string of the molecule is O=S(=O)([O-])c1ccc(Nc2nc([O-])nc(Nc3ccc(S(=O)(=O)O)cc3)n2)cc1.[Na+].[Na+]. The van der Waals surface area contributed by atoms with E-state index in [-0.39, 0.29) is 75.9 Å². The zero-order valence-electron chi connectivity index (χ0n) is 16.2. The predicted molar refractivity (Wildman–Crippen MR) is 96.5 cm³/mol. The number of aromatic nitrogens is 3. The molecule has 3 N–H and O–H groups in total. The van der Waals surface area contributed by atoms with Crippen LogP contribution in [0.4, 0.5) is 23.3 Å². The fraction of sp³-hybridized carbons (Fsp3) is 0. The van der Waals surface area contributed by atoms with Gasteiger partial charge in [0, 0.05) is 11.4 Å². The van der Waals surface area contributed by atoms with Crippen LogP contribution in [0, 0.1) is 0 Å². The Bertz CT molecular complexity index is 1160. The molecule has 3 aromatic rings. The largest absolute Gasteiger partial charge is 1.00 e. The molecule has 0 aliphatic heterocycles. The van der Waals surface area contributed by atoms with E-state index in [1.54, 1.807) is 0 Å². The van der Waals surface area contributed by atoms with Gasteiger partial charge in [-0.3, -0.25) is 4.55 Å².